The maximum atomic E-state index is 14.7. The maximum absolute atomic E-state index is 14.7. The molecule has 0 aliphatic carbocycles. The van der Waals surface area contributed by atoms with Gasteiger partial charge in [0, 0.05) is 27.1 Å². The number of nitrogens with zero attached hydrogens (tertiary/aromatic N) is 3. The van der Waals surface area contributed by atoms with Gasteiger partial charge in [-0.25, -0.2) is 14.4 Å². The van der Waals surface area contributed by atoms with Crippen LogP contribution >= 0.6 is 0 Å². The molecule has 442 valence electrons. The van der Waals surface area contributed by atoms with E-state index in [2.05, 4.69) is 26.6 Å². The van der Waals surface area contributed by atoms with Crippen LogP contribution in [0.1, 0.15) is 150 Å². The Morgan fingerprint density at radius 1 is 0.584 bits per heavy atom. The van der Waals surface area contributed by atoms with Crippen LogP contribution in [0.4, 0.5) is 0 Å². The molecule has 1 fully saturated rings. The lowest BCUT2D eigenvalue weighted by Gasteiger charge is -2.37. The molecule has 0 spiro atoms. The Balaban J connectivity index is 4.30. The molecule has 1 aliphatic heterocycles. The van der Waals surface area contributed by atoms with Crippen LogP contribution < -0.4 is 26.6 Å². The predicted octanol–water partition coefficient (Wildman–Crippen LogP) is 2.71. The fourth-order valence-electron chi connectivity index (χ4n) is 9.14. The zero-order valence-electron chi connectivity index (χ0n) is 50.1. The lowest BCUT2D eigenvalue weighted by atomic mass is 9.94. The summed E-state index contributed by atoms with van der Waals surface area (Å²) < 4.78 is 17.7. The molecule has 0 aromatic carbocycles. The summed E-state index contributed by atoms with van der Waals surface area (Å²) in [5.74, 6) is -11.4. The summed E-state index contributed by atoms with van der Waals surface area (Å²) in [7, 11) is 5.63. The Hall–Kier alpha value is -5.38. The summed E-state index contributed by atoms with van der Waals surface area (Å²) in [6.07, 6.45) is -5.15. The van der Waals surface area contributed by atoms with Crippen molar-refractivity contribution >= 4 is 59.3 Å². The Labute approximate surface area is 458 Å². The molecule has 6 N–H and O–H groups in total. The summed E-state index contributed by atoms with van der Waals surface area (Å²) in [5, 5.41) is 24.7. The van der Waals surface area contributed by atoms with E-state index in [9.17, 15) is 53.1 Å². The van der Waals surface area contributed by atoms with Crippen LogP contribution in [-0.4, -0.2) is 180 Å². The van der Waals surface area contributed by atoms with Crippen LogP contribution in [0, 0.1) is 41.4 Å². The number of hydrogen-bond acceptors (Lipinski definition) is 15. The van der Waals surface area contributed by atoms with Gasteiger partial charge < -0.3 is 60.6 Å². The zero-order chi connectivity index (χ0) is 59.7. The number of rotatable bonds is 16. The Kier molecular flexibility index (Phi) is 28.8. The van der Waals surface area contributed by atoms with E-state index < -0.39 is 150 Å². The molecule has 22 nitrogen and oxygen atoms in total. The van der Waals surface area contributed by atoms with Gasteiger partial charge in [0.25, 0.3) is 5.91 Å². The van der Waals surface area contributed by atoms with E-state index in [0.29, 0.717) is 12.8 Å². The van der Waals surface area contributed by atoms with E-state index in [-0.39, 0.29) is 42.9 Å². The molecule has 0 aromatic heterocycles. The highest BCUT2D eigenvalue weighted by atomic mass is 16.6. The molecule has 0 bridgehead atoms. The highest BCUT2D eigenvalue weighted by molar-refractivity contribution is 5.98. The lowest BCUT2D eigenvalue weighted by molar-refractivity contribution is -0.181. The number of amides is 7. The minimum Gasteiger partial charge on any atom is -0.458 e. The van der Waals surface area contributed by atoms with Crippen LogP contribution in [-0.2, 0) is 62.2 Å². The third-order valence-electron chi connectivity index (χ3n) is 14.3. The van der Waals surface area contributed by atoms with Gasteiger partial charge in [0.2, 0.25) is 41.5 Å². The van der Waals surface area contributed by atoms with E-state index in [0.717, 1.165) is 9.80 Å². The first-order valence-electron chi connectivity index (χ1n) is 27.6. The van der Waals surface area contributed by atoms with Crippen molar-refractivity contribution in [1.29, 1.82) is 0 Å². The number of aliphatic hydroxyl groups is 1. The second-order valence-corrected chi connectivity index (χ2v) is 23.1. The van der Waals surface area contributed by atoms with Crippen molar-refractivity contribution in [3.63, 3.8) is 0 Å². The van der Waals surface area contributed by atoms with Crippen molar-refractivity contribution < 1.29 is 67.3 Å². The zero-order valence-corrected chi connectivity index (χ0v) is 50.1. The molecule has 1 heterocycles. The molecule has 0 aromatic rings. The molecular weight excluding hydrogens is 997 g/mol. The van der Waals surface area contributed by atoms with E-state index in [1.54, 1.807) is 62.4 Å². The van der Waals surface area contributed by atoms with Crippen molar-refractivity contribution in [2.75, 3.05) is 28.2 Å². The van der Waals surface area contributed by atoms with Gasteiger partial charge in [-0.2, -0.15) is 0 Å². The van der Waals surface area contributed by atoms with E-state index in [4.69, 9.17) is 14.2 Å². The van der Waals surface area contributed by atoms with Gasteiger partial charge in [-0.05, 0) is 82.6 Å². The number of ether oxygens (including phenoxy) is 3. The number of hydrogen-bond donors (Lipinski definition) is 6. The quantitative estimate of drug-likeness (QED) is 0.0957. The summed E-state index contributed by atoms with van der Waals surface area (Å²) >= 11 is 0. The average molecular weight is 1100 g/mol. The topological polar surface area (TPSA) is 288 Å². The molecule has 1 saturated heterocycles. The molecule has 0 radical (unpaired) electrons. The number of carbonyl (C=O) groups is 10. The SMILES string of the molecule is CC[C@H](C)[C@H](NC)C(=O)N[C@@H]1C(=O)O[C@@H](C(C)C)C(=O)O[C@@H](CC(C)C)C(=O)N[C@@H]([C@@H](C)CC)C(=O)N(C)[C@@H](CC(C)C)C(=O)N[C@@H]([C@@H](C)O)C(=O)N(C)[C@@H](C(C)C)C(=O)N[C@@H](C)C(=O)N(C)[C@@H](CC(C)C)C(=O)O[C@@H]1C. The predicted molar refractivity (Wildman–Crippen MR) is 290 cm³/mol. The molecule has 1 rings (SSSR count). The first kappa shape index (κ1) is 69.6. The Bertz CT molecular complexity index is 2010. The van der Waals surface area contributed by atoms with Crippen molar-refractivity contribution in [3.05, 3.63) is 0 Å². The molecule has 22 heteroatoms. The molecule has 77 heavy (non-hydrogen) atoms. The van der Waals surface area contributed by atoms with Gasteiger partial charge in [-0.1, -0.05) is 110 Å². The summed E-state index contributed by atoms with van der Waals surface area (Å²) in [5.41, 5.74) is 0. The number of carbonyl (C=O) groups excluding carboxylic acids is 10. The fourth-order valence-corrected chi connectivity index (χ4v) is 9.14. The minimum absolute atomic E-state index is 0.0333. The van der Waals surface area contributed by atoms with Gasteiger partial charge in [-0.15, -0.1) is 0 Å². The number of likely N-dealkylation sites (N-methyl/N-ethyl adjacent to an activating group) is 4. The highest BCUT2D eigenvalue weighted by Gasteiger charge is 2.44. The third-order valence-corrected chi connectivity index (χ3v) is 14.3. The molecule has 14 atom stereocenters. The fraction of sp³-hybridized carbons (Fsp3) is 0.818. The summed E-state index contributed by atoms with van der Waals surface area (Å²) in [4.78, 5) is 147. The number of cyclic esters (lactones) is 3. The maximum Gasteiger partial charge on any atom is 0.348 e. The number of esters is 3. The third kappa shape index (κ3) is 20.1. The molecular formula is C55H98N8O14. The van der Waals surface area contributed by atoms with Gasteiger partial charge in [-0.3, -0.25) is 33.6 Å². The van der Waals surface area contributed by atoms with E-state index >= 15 is 0 Å². The molecule has 7 amide bonds. The van der Waals surface area contributed by atoms with Crippen molar-refractivity contribution in [3.8, 4) is 0 Å². The van der Waals surface area contributed by atoms with Crippen molar-refractivity contribution in [2.24, 2.45) is 41.4 Å². The highest BCUT2D eigenvalue weighted by Crippen LogP contribution is 2.23. The van der Waals surface area contributed by atoms with Gasteiger partial charge in [0.1, 0.15) is 42.4 Å². The Morgan fingerprint density at radius 3 is 1.56 bits per heavy atom. The normalized spacial score (nSPS) is 27.8. The van der Waals surface area contributed by atoms with E-state index in [1.807, 2.05) is 41.5 Å². The van der Waals surface area contributed by atoms with Gasteiger partial charge >= 0.3 is 17.9 Å². The smallest absolute Gasteiger partial charge is 0.348 e. The van der Waals surface area contributed by atoms with Crippen LogP contribution in [0.25, 0.3) is 0 Å². The van der Waals surface area contributed by atoms with Crippen molar-refractivity contribution in [1.82, 2.24) is 41.3 Å². The molecule has 1 aliphatic rings. The van der Waals surface area contributed by atoms with Gasteiger partial charge in [0.15, 0.2) is 12.1 Å². The van der Waals surface area contributed by atoms with Crippen LogP contribution in [0.3, 0.4) is 0 Å². The monoisotopic (exact) mass is 1090 g/mol. The minimum atomic E-state index is -1.73. The van der Waals surface area contributed by atoms with Crippen LogP contribution in [0.15, 0.2) is 0 Å². The Morgan fingerprint density at radius 2 is 1.09 bits per heavy atom. The van der Waals surface area contributed by atoms with Crippen LogP contribution in [0.2, 0.25) is 0 Å². The summed E-state index contributed by atoms with van der Waals surface area (Å²) in [6, 6.07) is -10.6. The number of aliphatic hydroxyl groups excluding tert-OH is 1. The second kappa shape index (κ2) is 31.9. The molecule has 0 saturated carbocycles. The summed E-state index contributed by atoms with van der Waals surface area (Å²) in [6.45, 7) is 28.6. The first-order valence-corrected chi connectivity index (χ1v) is 27.6. The van der Waals surface area contributed by atoms with Crippen LogP contribution in [0.5, 0.6) is 0 Å². The van der Waals surface area contributed by atoms with E-state index in [1.165, 1.54) is 46.8 Å². The van der Waals surface area contributed by atoms with Gasteiger partial charge in [0.05, 0.1) is 12.1 Å². The number of nitrogens with one attached hydrogen (secondary N) is 5. The van der Waals surface area contributed by atoms with Crippen molar-refractivity contribution in [2.45, 2.75) is 223 Å². The second-order valence-electron chi connectivity index (χ2n) is 23.1. The average Bonchev–Trinajstić information content (AvgIpc) is 3.33. The lowest BCUT2D eigenvalue weighted by Crippen LogP contribution is -2.63. The largest absolute Gasteiger partial charge is 0.458 e. The standard InChI is InChI=1S/C55H98N8O14/c1-22-32(13)40(56-18)48(67)60-43-36(17)75-53(72)38(25-28(5)6)62(20)50(69)34(15)57-49(68)44(30(9)10)63(21)52(71)42(35(16)64)59-46(65)37(24-27(3)4)61(19)51(70)41(33(14)23-2)58-47(66)39(26-29(7)8)76-55(74)45(31(11)12)77-54(43)73/h27-45,56,64H,22-26H2,1-21H3,(H,57,68)(H,58,66)(H,59,65)(H,60,67)/t32-,33-,34-,35+,36+,37-,38-,39-,40-,41-,42-,43-,44-,45-/m0/s1. The first-order chi connectivity index (χ1) is 35.6. The molecule has 0 unspecified atom stereocenters.